The molecular formula is C27H34ClFN4O4. The van der Waals surface area contributed by atoms with Gasteiger partial charge in [0.25, 0.3) is 0 Å². The number of pyridine rings is 1. The summed E-state index contributed by atoms with van der Waals surface area (Å²) in [4.78, 5) is 34.4. The fourth-order valence-electron chi connectivity index (χ4n) is 5.74. The van der Waals surface area contributed by atoms with Crippen LogP contribution < -0.4 is 10.2 Å². The Morgan fingerprint density at radius 1 is 1.27 bits per heavy atom. The molecular weight excluding hydrogens is 499 g/mol. The fourth-order valence-corrected chi connectivity index (χ4v) is 5.86. The Bertz CT molecular complexity index is 1150. The molecule has 0 spiro atoms. The van der Waals surface area contributed by atoms with Crippen LogP contribution in [0.3, 0.4) is 0 Å². The summed E-state index contributed by atoms with van der Waals surface area (Å²) in [6, 6.07) is 8.15. The van der Waals surface area contributed by atoms with Gasteiger partial charge in [-0.1, -0.05) is 23.7 Å². The van der Waals surface area contributed by atoms with E-state index in [9.17, 15) is 24.2 Å². The van der Waals surface area contributed by atoms with Gasteiger partial charge in [0.05, 0.1) is 10.6 Å². The van der Waals surface area contributed by atoms with Crippen LogP contribution >= 0.6 is 11.6 Å². The quantitative estimate of drug-likeness (QED) is 0.494. The number of likely N-dealkylation sites (N-methyl/N-ethyl adjacent to an activating group) is 1. The first-order valence-corrected chi connectivity index (χ1v) is 13.0. The zero-order chi connectivity index (χ0) is 27.0. The molecule has 8 nitrogen and oxygen atoms in total. The number of carboxylic acid groups (broad SMARTS) is 1. The lowest BCUT2D eigenvalue weighted by molar-refractivity contribution is -0.135. The van der Waals surface area contributed by atoms with Crippen molar-refractivity contribution in [1.82, 2.24) is 15.2 Å². The molecule has 10 heteroatoms. The molecule has 0 aliphatic carbocycles. The van der Waals surface area contributed by atoms with Crippen LogP contribution in [0.4, 0.5) is 15.0 Å². The number of nitrogens with one attached hydrogen (secondary N) is 1. The van der Waals surface area contributed by atoms with Gasteiger partial charge in [-0.25, -0.2) is 14.2 Å². The highest BCUT2D eigenvalue weighted by molar-refractivity contribution is 6.30. The van der Waals surface area contributed by atoms with Crippen molar-refractivity contribution in [2.75, 3.05) is 37.6 Å². The SMILES string of the molecule is CCN(C(=O)O)[C@]1(C(=O)C2CCN(c3ccc(C(C)(C)O)cn3)CC2)CNC[C@H]1c1ccc(Cl)c(F)c1. The number of rotatable bonds is 7. The lowest BCUT2D eigenvalue weighted by Gasteiger charge is -2.45. The first-order valence-electron chi connectivity index (χ1n) is 12.6. The van der Waals surface area contributed by atoms with Gasteiger partial charge in [-0.05, 0) is 57.4 Å². The first kappa shape index (κ1) is 27.3. The van der Waals surface area contributed by atoms with Crippen molar-refractivity contribution < 1.29 is 24.2 Å². The van der Waals surface area contributed by atoms with Crippen molar-refractivity contribution in [3.8, 4) is 0 Å². The molecule has 0 bridgehead atoms. The van der Waals surface area contributed by atoms with Gasteiger partial charge < -0.3 is 20.4 Å². The minimum Gasteiger partial charge on any atom is -0.465 e. The van der Waals surface area contributed by atoms with Crippen molar-refractivity contribution in [1.29, 1.82) is 0 Å². The number of hydrogen-bond donors (Lipinski definition) is 3. The Morgan fingerprint density at radius 2 is 1.97 bits per heavy atom. The molecule has 2 aliphatic rings. The van der Waals surface area contributed by atoms with Gasteiger partial charge in [0.2, 0.25) is 0 Å². The second-order valence-electron chi connectivity index (χ2n) is 10.4. The number of amides is 1. The summed E-state index contributed by atoms with van der Waals surface area (Å²) in [5.74, 6) is -0.850. The van der Waals surface area contributed by atoms with E-state index < -0.39 is 29.0 Å². The van der Waals surface area contributed by atoms with Crippen LogP contribution in [0.5, 0.6) is 0 Å². The van der Waals surface area contributed by atoms with Crippen LogP contribution in [0.15, 0.2) is 36.5 Å². The molecule has 0 radical (unpaired) electrons. The molecule has 1 amide bonds. The molecule has 2 aliphatic heterocycles. The van der Waals surface area contributed by atoms with Crippen LogP contribution in [0.25, 0.3) is 0 Å². The Hall–Kier alpha value is -2.75. The molecule has 1 aromatic heterocycles. The molecule has 2 fully saturated rings. The number of nitrogens with zero attached hydrogens (tertiary/aromatic N) is 3. The van der Waals surface area contributed by atoms with Gasteiger partial charge in [-0.15, -0.1) is 0 Å². The number of aliphatic hydroxyl groups is 1. The van der Waals surface area contributed by atoms with E-state index >= 15 is 0 Å². The maximum atomic E-state index is 14.4. The monoisotopic (exact) mass is 532 g/mol. The third kappa shape index (κ3) is 5.17. The maximum Gasteiger partial charge on any atom is 0.408 e. The van der Waals surface area contributed by atoms with E-state index in [1.165, 1.54) is 17.0 Å². The number of piperidine rings is 1. The second kappa shape index (κ2) is 10.6. The van der Waals surface area contributed by atoms with Gasteiger partial charge in [-0.3, -0.25) is 9.69 Å². The molecule has 2 aromatic rings. The van der Waals surface area contributed by atoms with Gasteiger partial charge in [0, 0.05) is 56.3 Å². The number of aromatic nitrogens is 1. The number of anilines is 1. The molecule has 3 N–H and O–H groups in total. The third-order valence-corrected chi connectivity index (χ3v) is 8.07. The van der Waals surface area contributed by atoms with Crippen LogP contribution in [0.1, 0.15) is 50.7 Å². The third-order valence-electron chi connectivity index (χ3n) is 7.76. The molecule has 2 saturated heterocycles. The molecule has 0 saturated carbocycles. The number of carbonyl (C=O) groups excluding carboxylic acids is 1. The van der Waals surface area contributed by atoms with Crippen molar-refractivity contribution in [2.24, 2.45) is 5.92 Å². The number of carbonyl (C=O) groups is 2. The zero-order valence-corrected chi connectivity index (χ0v) is 22.1. The number of halogens is 2. The Morgan fingerprint density at radius 3 is 2.51 bits per heavy atom. The standard InChI is InChI=1S/C27H34ClFN4O4/c1-4-33(25(35)36)27(16-30-15-20(27)18-5-7-21(28)22(29)13-18)24(34)17-9-11-32(12-10-17)23-8-6-19(14-31-23)26(2,3)37/h5-8,13-14,17,20,30,37H,4,9-12,15-16H2,1-3H3,(H,35,36)/t20-,27+/m0/s1. The summed E-state index contributed by atoms with van der Waals surface area (Å²) < 4.78 is 14.4. The molecule has 2 atom stereocenters. The summed E-state index contributed by atoms with van der Waals surface area (Å²) in [6.45, 7) is 6.96. The summed E-state index contributed by atoms with van der Waals surface area (Å²) in [5, 5.41) is 23.5. The van der Waals surface area contributed by atoms with E-state index in [1.54, 1.807) is 33.0 Å². The van der Waals surface area contributed by atoms with E-state index in [0.29, 0.717) is 38.0 Å². The zero-order valence-electron chi connectivity index (χ0n) is 21.4. The number of Topliss-reactive ketones (excluding diaryl/α,β-unsaturated/α-hetero) is 1. The Kier molecular flexibility index (Phi) is 7.78. The maximum absolute atomic E-state index is 14.4. The average molecular weight is 533 g/mol. The summed E-state index contributed by atoms with van der Waals surface area (Å²) in [5.41, 5.74) is -1.06. The highest BCUT2D eigenvalue weighted by Crippen LogP contribution is 2.42. The lowest BCUT2D eigenvalue weighted by Crippen LogP contribution is -2.63. The van der Waals surface area contributed by atoms with Gasteiger partial charge in [0.15, 0.2) is 5.78 Å². The summed E-state index contributed by atoms with van der Waals surface area (Å²) in [7, 11) is 0. The number of hydrogen-bond acceptors (Lipinski definition) is 6. The van der Waals surface area contributed by atoms with Crippen molar-refractivity contribution >= 4 is 29.3 Å². The predicted molar refractivity (Wildman–Crippen MR) is 140 cm³/mol. The minimum atomic E-state index is -1.35. The largest absolute Gasteiger partial charge is 0.465 e. The smallest absolute Gasteiger partial charge is 0.408 e. The Balaban J connectivity index is 1.59. The molecule has 4 rings (SSSR count). The number of benzene rings is 1. The van der Waals surface area contributed by atoms with E-state index in [1.807, 2.05) is 12.1 Å². The van der Waals surface area contributed by atoms with Crippen molar-refractivity contribution in [3.63, 3.8) is 0 Å². The van der Waals surface area contributed by atoms with Crippen LogP contribution in [-0.4, -0.2) is 70.2 Å². The molecule has 200 valence electrons. The van der Waals surface area contributed by atoms with Crippen LogP contribution in [0, 0.1) is 11.7 Å². The van der Waals surface area contributed by atoms with Crippen LogP contribution in [0.2, 0.25) is 5.02 Å². The minimum absolute atomic E-state index is 0.0196. The molecule has 3 heterocycles. The summed E-state index contributed by atoms with van der Waals surface area (Å²) in [6.07, 6.45) is 1.59. The van der Waals surface area contributed by atoms with Gasteiger partial charge in [-0.2, -0.15) is 0 Å². The van der Waals surface area contributed by atoms with Crippen molar-refractivity contribution in [2.45, 2.75) is 50.7 Å². The molecule has 37 heavy (non-hydrogen) atoms. The van der Waals surface area contributed by atoms with Gasteiger partial charge >= 0.3 is 6.09 Å². The van der Waals surface area contributed by atoms with E-state index in [0.717, 1.165) is 11.4 Å². The van der Waals surface area contributed by atoms with Gasteiger partial charge in [0.1, 0.15) is 17.2 Å². The molecule has 1 aromatic carbocycles. The highest BCUT2D eigenvalue weighted by Gasteiger charge is 2.56. The fraction of sp³-hybridized carbons (Fsp3) is 0.519. The average Bonchev–Trinajstić information content (AvgIpc) is 3.30. The Labute approximate surface area is 221 Å². The predicted octanol–water partition coefficient (Wildman–Crippen LogP) is 4.01. The molecule has 0 unspecified atom stereocenters. The lowest BCUT2D eigenvalue weighted by atomic mass is 9.71. The topological polar surface area (TPSA) is 106 Å². The van der Waals surface area contributed by atoms with E-state index in [2.05, 4.69) is 15.2 Å². The normalized spacial score (nSPS) is 22.8. The first-order chi connectivity index (χ1) is 17.5. The van der Waals surface area contributed by atoms with E-state index in [-0.39, 0.29) is 29.8 Å². The second-order valence-corrected chi connectivity index (χ2v) is 10.8. The van der Waals surface area contributed by atoms with Crippen molar-refractivity contribution in [3.05, 3.63) is 58.5 Å². The van der Waals surface area contributed by atoms with E-state index in [4.69, 9.17) is 11.6 Å². The number of ketones is 1. The summed E-state index contributed by atoms with van der Waals surface area (Å²) >= 11 is 5.89. The van der Waals surface area contributed by atoms with Crippen LogP contribution in [-0.2, 0) is 10.4 Å². The highest BCUT2D eigenvalue weighted by atomic mass is 35.5.